The highest BCUT2D eigenvalue weighted by atomic mass is 127. The molecule has 1 rings (SSSR count). The molecule has 5 heteroatoms. The summed E-state index contributed by atoms with van der Waals surface area (Å²) in [5, 5.41) is 10.7. The van der Waals surface area contributed by atoms with Gasteiger partial charge in [0.2, 0.25) is 0 Å². The highest BCUT2D eigenvalue weighted by molar-refractivity contribution is 14.1. The van der Waals surface area contributed by atoms with Gasteiger partial charge >= 0.3 is 11.9 Å². The van der Waals surface area contributed by atoms with E-state index in [-0.39, 0.29) is 0 Å². The molecular weight excluding hydrogens is 297 g/mol. The van der Waals surface area contributed by atoms with E-state index in [9.17, 15) is 9.59 Å². The lowest BCUT2D eigenvalue weighted by Gasteiger charge is -2.06. The van der Waals surface area contributed by atoms with E-state index in [1.807, 2.05) is 13.0 Å². The first-order chi connectivity index (χ1) is 6.52. The quantitative estimate of drug-likeness (QED) is 0.612. The molecule has 14 heavy (non-hydrogen) atoms. The molecule has 0 unspecified atom stereocenters. The molecule has 1 amide bonds. The molecule has 0 aliphatic heterocycles. The number of hydrogen-bond acceptors (Lipinski definition) is 2. The Hall–Kier alpha value is -1.11. The van der Waals surface area contributed by atoms with Crippen molar-refractivity contribution in [2.75, 3.05) is 5.32 Å². The van der Waals surface area contributed by atoms with Crippen molar-refractivity contribution in [1.82, 2.24) is 0 Å². The van der Waals surface area contributed by atoms with Crippen LogP contribution in [0.3, 0.4) is 0 Å². The smallest absolute Gasteiger partial charge is 0.394 e. The Labute approximate surface area is 94.5 Å². The summed E-state index contributed by atoms with van der Waals surface area (Å²) in [5.74, 6) is -2.50. The maximum atomic E-state index is 10.9. The van der Waals surface area contributed by atoms with E-state index in [1.165, 1.54) is 0 Å². The van der Waals surface area contributed by atoms with E-state index in [0.29, 0.717) is 5.69 Å². The van der Waals surface area contributed by atoms with Crippen LogP contribution in [0, 0.1) is 10.5 Å². The van der Waals surface area contributed by atoms with Gasteiger partial charge in [-0.3, -0.25) is 4.79 Å². The summed E-state index contributed by atoms with van der Waals surface area (Å²) in [7, 11) is 0. The van der Waals surface area contributed by atoms with Crippen LogP contribution >= 0.6 is 22.6 Å². The van der Waals surface area contributed by atoms with E-state index in [4.69, 9.17) is 5.11 Å². The van der Waals surface area contributed by atoms with Crippen molar-refractivity contribution < 1.29 is 14.7 Å². The first-order valence-corrected chi connectivity index (χ1v) is 4.89. The van der Waals surface area contributed by atoms with Crippen molar-refractivity contribution in [2.45, 2.75) is 6.92 Å². The minimum atomic E-state index is -1.48. The summed E-state index contributed by atoms with van der Waals surface area (Å²) in [4.78, 5) is 21.1. The standard InChI is InChI=1S/C9H8INO3/c1-5-6(10)3-2-4-7(5)11-8(12)9(13)14/h2-4H,1H3,(H,11,12)(H,13,14). The summed E-state index contributed by atoms with van der Waals surface area (Å²) < 4.78 is 0.978. The molecule has 1 aromatic carbocycles. The van der Waals surface area contributed by atoms with Gasteiger partial charge in [0.1, 0.15) is 0 Å². The predicted octanol–water partition coefficient (Wildman–Crippen LogP) is 1.62. The van der Waals surface area contributed by atoms with Gasteiger partial charge in [-0.05, 0) is 47.2 Å². The van der Waals surface area contributed by atoms with E-state index in [1.54, 1.807) is 12.1 Å². The van der Waals surface area contributed by atoms with Crippen molar-refractivity contribution in [1.29, 1.82) is 0 Å². The fourth-order valence-electron chi connectivity index (χ4n) is 0.919. The van der Waals surface area contributed by atoms with Gasteiger partial charge in [-0.2, -0.15) is 0 Å². The third kappa shape index (κ3) is 2.44. The molecule has 0 heterocycles. The van der Waals surface area contributed by atoms with Crippen LogP contribution in [0.15, 0.2) is 18.2 Å². The van der Waals surface area contributed by atoms with Crippen molar-refractivity contribution >= 4 is 40.2 Å². The number of aliphatic carboxylic acids is 1. The number of halogens is 1. The lowest BCUT2D eigenvalue weighted by Crippen LogP contribution is -2.22. The second-order valence-corrected chi connectivity index (χ2v) is 3.83. The Morgan fingerprint density at radius 3 is 2.64 bits per heavy atom. The Kier molecular flexibility index (Phi) is 3.45. The number of carboxylic acids is 1. The Balaban J connectivity index is 2.93. The van der Waals surface area contributed by atoms with Gasteiger partial charge in [-0.25, -0.2) is 4.79 Å². The van der Waals surface area contributed by atoms with Crippen LogP contribution in [-0.2, 0) is 9.59 Å². The van der Waals surface area contributed by atoms with Gasteiger partial charge < -0.3 is 10.4 Å². The minimum absolute atomic E-state index is 0.532. The molecule has 4 nitrogen and oxygen atoms in total. The molecule has 0 aliphatic rings. The number of hydrogen-bond donors (Lipinski definition) is 2. The molecule has 74 valence electrons. The molecule has 0 fully saturated rings. The van der Waals surface area contributed by atoms with Crippen LogP contribution in [-0.4, -0.2) is 17.0 Å². The van der Waals surface area contributed by atoms with Crippen molar-refractivity contribution in [2.24, 2.45) is 0 Å². The third-order valence-corrected chi connectivity index (χ3v) is 2.88. The number of amides is 1. The second kappa shape index (κ2) is 4.41. The van der Waals surface area contributed by atoms with Crippen LogP contribution in [0.1, 0.15) is 5.56 Å². The summed E-state index contributed by atoms with van der Waals surface area (Å²) in [6, 6.07) is 5.30. The number of carboxylic acid groups (broad SMARTS) is 1. The molecule has 0 radical (unpaired) electrons. The number of nitrogens with one attached hydrogen (secondary N) is 1. The first kappa shape index (κ1) is 11.0. The number of rotatable bonds is 1. The van der Waals surface area contributed by atoms with E-state index in [0.717, 1.165) is 9.13 Å². The monoisotopic (exact) mass is 305 g/mol. The van der Waals surface area contributed by atoms with Crippen LogP contribution in [0.5, 0.6) is 0 Å². The van der Waals surface area contributed by atoms with E-state index >= 15 is 0 Å². The Morgan fingerprint density at radius 1 is 1.43 bits per heavy atom. The molecule has 0 saturated carbocycles. The average molecular weight is 305 g/mol. The number of carbonyl (C=O) groups is 2. The molecule has 2 N–H and O–H groups in total. The highest BCUT2D eigenvalue weighted by Gasteiger charge is 2.12. The number of benzene rings is 1. The molecule has 1 aromatic rings. The molecule has 0 aromatic heterocycles. The minimum Gasteiger partial charge on any atom is -0.474 e. The predicted molar refractivity (Wildman–Crippen MR) is 60.2 cm³/mol. The molecule has 0 spiro atoms. The summed E-state index contributed by atoms with van der Waals surface area (Å²) in [5.41, 5.74) is 1.40. The van der Waals surface area contributed by atoms with Gasteiger partial charge in [0.25, 0.3) is 0 Å². The zero-order chi connectivity index (χ0) is 10.7. The number of carbonyl (C=O) groups excluding carboxylic acids is 1. The normalized spacial score (nSPS) is 9.57. The SMILES string of the molecule is Cc1c(I)cccc1NC(=O)C(=O)O. The van der Waals surface area contributed by atoms with Gasteiger partial charge in [-0.15, -0.1) is 0 Å². The topological polar surface area (TPSA) is 66.4 Å². The first-order valence-electron chi connectivity index (χ1n) is 3.81. The lowest BCUT2D eigenvalue weighted by atomic mass is 10.2. The van der Waals surface area contributed by atoms with Gasteiger partial charge in [0.05, 0.1) is 0 Å². The fourth-order valence-corrected chi connectivity index (χ4v) is 1.42. The lowest BCUT2D eigenvalue weighted by molar-refractivity contribution is -0.147. The van der Waals surface area contributed by atoms with Crippen LogP contribution in [0.25, 0.3) is 0 Å². The van der Waals surface area contributed by atoms with Gasteiger partial charge in [-0.1, -0.05) is 6.07 Å². The highest BCUT2D eigenvalue weighted by Crippen LogP contribution is 2.19. The molecule has 0 aliphatic carbocycles. The summed E-state index contributed by atoms with van der Waals surface area (Å²) >= 11 is 2.12. The average Bonchev–Trinajstić information content (AvgIpc) is 2.12. The van der Waals surface area contributed by atoms with Crippen LogP contribution in [0.4, 0.5) is 5.69 Å². The van der Waals surface area contributed by atoms with E-state index in [2.05, 4.69) is 27.9 Å². The Bertz CT molecular complexity index is 390. The molecule has 0 bridgehead atoms. The maximum absolute atomic E-state index is 10.9. The second-order valence-electron chi connectivity index (χ2n) is 2.67. The number of anilines is 1. The molecular formula is C9H8INO3. The Morgan fingerprint density at radius 2 is 2.07 bits per heavy atom. The van der Waals surface area contributed by atoms with Crippen LogP contribution < -0.4 is 5.32 Å². The zero-order valence-electron chi connectivity index (χ0n) is 7.37. The fraction of sp³-hybridized carbons (Fsp3) is 0.111. The maximum Gasteiger partial charge on any atom is 0.394 e. The molecule has 0 saturated heterocycles. The molecule has 0 atom stereocenters. The van der Waals surface area contributed by atoms with Crippen molar-refractivity contribution in [3.63, 3.8) is 0 Å². The summed E-state index contributed by atoms with van der Waals surface area (Å²) in [6.07, 6.45) is 0. The van der Waals surface area contributed by atoms with Crippen molar-refractivity contribution in [3.8, 4) is 0 Å². The van der Waals surface area contributed by atoms with Crippen molar-refractivity contribution in [3.05, 3.63) is 27.3 Å². The van der Waals surface area contributed by atoms with E-state index < -0.39 is 11.9 Å². The largest absolute Gasteiger partial charge is 0.474 e. The third-order valence-electron chi connectivity index (χ3n) is 1.71. The van der Waals surface area contributed by atoms with Gasteiger partial charge in [0, 0.05) is 9.26 Å². The summed E-state index contributed by atoms with van der Waals surface area (Å²) in [6.45, 7) is 1.82. The van der Waals surface area contributed by atoms with Crippen LogP contribution in [0.2, 0.25) is 0 Å². The zero-order valence-corrected chi connectivity index (χ0v) is 9.53. The van der Waals surface area contributed by atoms with Gasteiger partial charge in [0.15, 0.2) is 0 Å².